The summed E-state index contributed by atoms with van der Waals surface area (Å²) in [5.41, 5.74) is 23.7. The normalized spacial score (nSPS) is 23.2. The van der Waals surface area contributed by atoms with Gasteiger partial charge in [0, 0.05) is 97.7 Å². The number of hydrogen-bond acceptors (Lipinski definition) is 6. The molecule has 7 heteroatoms. The zero-order chi connectivity index (χ0) is 56.3. The molecule has 0 N–H and O–H groups in total. The van der Waals surface area contributed by atoms with Crippen molar-refractivity contribution in [2.45, 2.75) is 141 Å². The van der Waals surface area contributed by atoms with Gasteiger partial charge in [0.25, 0.3) is 6.71 Å². The summed E-state index contributed by atoms with van der Waals surface area (Å²) in [6.07, 6.45) is 9.61. The van der Waals surface area contributed by atoms with Crippen molar-refractivity contribution in [3.05, 3.63) is 198 Å². The molecule has 2 saturated carbocycles. The second-order valence-electron chi connectivity index (χ2n) is 27.6. The van der Waals surface area contributed by atoms with Crippen molar-refractivity contribution in [2.24, 2.45) is 0 Å². The first-order valence-corrected chi connectivity index (χ1v) is 32.4. The topological polar surface area (TPSA) is 13.0 Å². The van der Waals surface area contributed by atoms with E-state index in [4.69, 9.17) is 0 Å². The molecule has 17 rings (SSSR count). The van der Waals surface area contributed by atoms with Crippen LogP contribution in [0.25, 0.3) is 40.3 Å². The van der Waals surface area contributed by atoms with Gasteiger partial charge in [-0.25, -0.2) is 0 Å². The van der Waals surface area contributed by atoms with Crippen LogP contribution >= 0.6 is 22.7 Å². The summed E-state index contributed by atoms with van der Waals surface area (Å²) >= 11 is 3.86. The Bertz CT molecular complexity index is 4620. The fourth-order valence-corrected chi connectivity index (χ4v) is 20.2. The van der Waals surface area contributed by atoms with Crippen LogP contribution in [0.1, 0.15) is 128 Å². The van der Waals surface area contributed by atoms with Crippen molar-refractivity contribution in [1.82, 2.24) is 0 Å². The van der Waals surface area contributed by atoms with Crippen LogP contribution in [-0.2, 0) is 16.2 Å². The van der Waals surface area contributed by atoms with Crippen molar-refractivity contribution in [1.29, 1.82) is 0 Å². The first-order chi connectivity index (χ1) is 40.1. The maximum absolute atomic E-state index is 2.83. The third kappa shape index (κ3) is 6.59. The maximum atomic E-state index is 2.83. The number of thiophene rings is 2. The molecule has 0 spiro atoms. The minimum atomic E-state index is -0.151. The Morgan fingerprint density at radius 1 is 0.434 bits per heavy atom. The molecule has 0 amide bonds. The van der Waals surface area contributed by atoms with E-state index in [1.807, 2.05) is 22.7 Å². The highest BCUT2D eigenvalue weighted by atomic mass is 32.1. The van der Waals surface area contributed by atoms with E-state index in [1.165, 1.54) is 174 Å². The number of para-hydroxylation sites is 1. The lowest BCUT2D eigenvalue weighted by Gasteiger charge is -2.51. The predicted octanol–water partition coefficient (Wildman–Crippen LogP) is 19.9. The molecule has 410 valence electrons. The first-order valence-electron chi connectivity index (χ1n) is 30.8. The van der Waals surface area contributed by atoms with Gasteiger partial charge in [0.2, 0.25) is 0 Å². The van der Waals surface area contributed by atoms with Crippen LogP contribution in [0.3, 0.4) is 0 Å². The summed E-state index contributed by atoms with van der Waals surface area (Å²) in [7, 11) is 0. The van der Waals surface area contributed by atoms with Crippen molar-refractivity contribution in [3.63, 3.8) is 0 Å². The van der Waals surface area contributed by atoms with Gasteiger partial charge in [0.05, 0.1) is 21.5 Å². The fourth-order valence-electron chi connectivity index (χ4n) is 17.9. The molecular weight excluding hydrogens is 1040 g/mol. The van der Waals surface area contributed by atoms with Gasteiger partial charge in [-0.1, -0.05) is 157 Å². The first kappa shape index (κ1) is 50.2. The van der Waals surface area contributed by atoms with Crippen LogP contribution in [0.4, 0.5) is 56.9 Å². The van der Waals surface area contributed by atoms with Crippen molar-refractivity contribution in [3.8, 4) is 0 Å². The van der Waals surface area contributed by atoms with Gasteiger partial charge >= 0.3 is 0 Å². The zero-order valence-corrected chi connectivity index (χ0v) is 51.1. The molecule has 2 aromatic heterocycles. The number of rotatable bonds is 4. The Morgan fingerprint density at radius 3 is 1.83 bits per heavy atom. The monoisotopic (exact) mass is 1110 g/mol. The number of anilines is 10. The van der Waals surface area contributed by atoms with Gasteiger partial charge in [-0.3, -0.25) is 0 Å². The van der Waals surface area contributed by atoms with Crippen LogP contribution in [0.2, 0.25) is 0 Å². The van der Waals surface area contributed by atoms with Crippen LogP contribution in [0.5, 0.6) is 0 Å². The number of fused-ring (bicyclic) bond motifs is 16. The third-order valence-electron chi connectivity index (χ3n) is 22.2. The van der Waals surface area contributed by atoms with E-state index in [2.05, 4.69) is 252 Å². The summed E-state index contributed by atoms with van der Waals surface area (Å²) in [6.45, 7) is 22.2. The molecule has 0 saturated heterocycles. The third-order valence-corrected chi connectivity index (χ3v) is 24.5. The van der Waals surface area contributed by atoms with Crippen LogP contribution in [0, 0.1) is 13.8 Å². The smallest absolute Gasteiger partial charge is 0.252 e. The minimum absolute atomic E-state index is 0.0107. The number of benzene rings is 9. The molecule has 4 aliphatic heterocycles. The van der Waals surface area contributed by atoms with Crippen molar-refractivity contribution < 1.29 is 0 Å². The van der Waals surface area contributed by atoms with E-state index in [1.54, 1.807) is 5.56 Å². The molecule has 83 heavy (non-hydrogen) atoms. The largest absolute Gasteiger partial charge is 0.334 e. The SMILES string of the molecule is Cc1cc(C)c2c(c1)N(c1ccc3c(c1)N(c1cccc4c1sc1ccccc14)c1cc(N4c5ccccc5C5(C)CCCCC45C)cc4c1B3c1cc(C(C)(C)C)ccc1N4c1ccc3c(c1)sc1ccccc13)C1(C)CCCCC21C. The molecule has 0 bridgehead atoms. The Hall–Kier alpha value is -7.32. The second kappa shape index (κ2) is 17.2. The van der Waals surface area contributed by atoms with E-state index in [0.29, 0.717) is 0 Å². The minimum Gasteiger partial charge on any atom is -0.334 e. The quantitative estimate of drug-likeness (QED) is 0.163. The molecule has 4 unspecified atom stereocenters. The summed E-state index contributed by atoms with van der Waals surface area (Å²) in [4.78, 5) is 11.1. The van der Waals surface area contributed by atoms with Gasteiger partial charge in [-0.2, -0.15) is 0 Å². The predicted molar refractivity (Wildman–Crippen MR) is 360 cm³/mol. The Labute approximate surface area is 498 Å². The molecule has 2 aliphatic carbocycles. The lowest BCUT2D eigenvalue weighted by atomic mass is 9.33. The molecule has 6 heterocycles. The molecule has 4 atom stereocenters. The highest BCUT2D eigenvalue weighted by molar-refractivity contribution is 7.26. The number of nitrogens with zero attached hydrogens (tertiary/aromatic N) is 4. The lowest BCUT2D eigenvalue weighted by Crippen LogP contribution is -2.62. The average molecular weight is 1120 g/mol. The highest BCUT2D eigenvalue weighted by Crippen LogP contribution is 2.64. The summed E-state index contributed by atoms with van der Waals surface area (Å²) in [5.74, 6) is 0. The molecule has 11 aromatic rings. The van der Waals surface area contributed by atoms with Gasteiger partial charge in [-0.15, -0.1) is 22.7 Å². The zero-order valence-electron chi connectivity index (χ0n) is 49.5. The molecule has 2 fully saturated rings. The molecule has 6 aliphatic rings. The van der Waals surface area contributed by atoms with E-state index in [9.17, 15) is 0 Å². The summed E-state index contributed by atoms with van der Waals surface area (Å²) < 4.78 is 5.29. The van der Waals surface area contributed by atoms with Crippen LogP contribution < -0.4 is 36.0 Å². The fraction of sp³-hybridized carbons (Fsp3) is 0.289. The van der Waals surface area contributed by atoms with E-state index >= 15 is 0 Å². The summed E-state index contributed by atoms with van der Waals surface area (Å²) in [6, 6.07) is 67.5. The lowest BCUT2D eigenvalue weighted by molar-refractivity contribution is 0.194. The molecular formula is C76H71BN4S2. The maximum Gasteiger partial charge on any atom is 0.252 e. The van der Waals surface area contributed by atoms with Crippen LogP contribution in [-0.4, -0.2) is 17.8 Å². The molecule has 4 nitrogen and oxygen atoms in total. The Balaban J connectivity index is 1.01. The summed E-state index contributed by atoms with van der Waals surface area (Å²) in [5, 5.41) is 5.29. The molecule has 0 radical (unpaired) electrons. The van der Waals surface area contributed by atoms with E-state index < -0.39 is 0 Å². The second-order valence-corrected chi connectivity index (χ2v) is 29.7. The van der Waals surface area contributed by atoms with Gasteiger partial charge in [0.1, 0.15) is 0 Å². The van der Waals surface area contributed by atoms with E-state index in [0.717, 1.165) is 12.8 Å². The average Bonchev–Trinajstić information content (AvgIpc) is 1.95. The molecule has 9 aromatic carbocycles. The number of hydrogen-bond donors (Lipinski definition) is 0. The highest BCUT2D eigenvalue weighted by Gasteiger charge is 2.60. The Morgan fingerprint density at radius 2 is 1.05 bits per heavy atom. The van der Waals surface area contributed by atoms with Crippen molar-refractivity contribution >= 4 is 143 Å². The standard InChI is InChI=1S/C76H71BN4S2/c1-46-39-47(2)69-63(40-46)80(76(9)38-19-17-36-74(69,76)7)50-31-33-57-62(42-50)79(61-26-20-23-55-53-22-11-15-28-67(53)83-71(55)61)65-44-51(81-59-25-13-12-24-56(59)73(6)35-16-18-37-75(73,81)8)43-64-70(65)77(57)58-41-48(72(3,4)5)29-34-60(58)78(64)49-30-32-54-52-21-10-14-27-66(52)82-68(54)45-49/h10-15,20-34,39-45H,16-19,35-38H2,1-9H3. The number of aryl methyl sites for hydroxylation is 2. The van der Waals surface area contributed by atoms with Gasteiger partial charge in [0.15, 0.2) is 0 Å². The Kier molecular flexibility index (Phi) is 10.4. The van der Waals surface area contributed by atoms with Gasteiger partial charge in [-0.05, 0) is 176 Å². The van der Waals surface area contributed by atoms with E-state index in [-0.39, 0.29) is 34.0 Å². The van der Waals surface area contributed by atoms with Gasteiger partial charge < -0.3 is 19.6 Å². The van der Waals surface area contributed by atoms with Crippen LogP contribution in [0.15, 0.2) is 170 Å². The van der Waals surface area contributed by atoms with Crippen molar-refractivity contribution in [2.75, 3.05) is 19.6 Å².